The third-order valence-electron chi connectivity index (χ3n) is 3.47. The molecule has 0 unspecified atom stereocenters. The standard InChI is InChI=1S/C15H16F6N3O3P/c1-3-26-28(25,27-4-2)11-12(15(19,20)21)23-24(13(11)22)10-7-5-9(6-8-10)14(16,17)18/h5-8H,3-4,22H2,1-2H3. The maximum absolute atomic E-state index is 13.5. The molecule has 0 aliphatic rings. The third kappa shape index (κ3) is 4.34. The Morgan fingerprint density at radius 2 is 1.50 bits per heavy atom. The molecule has 0 aliphatic heterocycles. The summed E-state index contributed by atoms with van der Waals surface area (Å²) in [7, 11) is -4.49. The van der Waals surface area contributed by atoms with Crippen molar-refractivity contribution in [1.29, 1.82) is 0 Å². The van der Waals surface area contributed by atoms with E-state index < -0.39 is 42.3 Å². The Bertz CT molecular complexity index is 867. The van der Waals surface area contributed by atoms with Gasteiger partial charge in [0, 0.05) is 0 Å². The highest BCUT2D eigenvalue weighted by molar-refractivity contribution is 7.62. The van der Waals surface area contributed by atoms with Gasteiger partial charge in [0.1, 0.15) is 11.1 Å². The summed E-state index contributed by atoms with van der Waals surface area (Å²) in [5.41, 5.74) is 2.95. The number of aromatic nitrogens is 2. The second-order valence-corrected chi connectivity index (χ2v) is 7.33. The van der Waals surface area contributed by atoms with Crippen molar-refractivity contribution in [3.8, 4) is 5.69 Å². The topological polar surface area (TPSA) is 79.4 Å². The van der Waals surface area contributed by atoms with Crippen molar-refractivity contribution >= 4 is 18.7 Å². The molecule has 2 aromatic rings. The van der Waals surface area contributed by atoms with Crippen LogP contribution in [0, 0.1) is 0 Å². The van der Waals surface area contributed by atoms with Crippen LogP contribution in [-0.4, -0.2) is 23.0 Å². The summed E-state index contributed by atoms with van der Waals surface area (Å²) in [4.78, 5) is 0. The molecular weight excluding hydrogens is 415 g/mol. The number of nitrogens with two attached hydrogens (primary N) is 1. The number of rotatable bonds is 6. The molecule has 0 spiro atoms. The van der Waals surface area contributed by atoms with Crippen LogP contribution in [0.3, 0.4) is 0 Å². The van der Waals surface area contributed by atoms with Crippen molar-refractivity contribution in [2.45, 2.75) is 26.2 Å². The molecule has 0 atom stereocenters. The first-order chi connectivity index (χ1) is 12.8. The van der Waals surface area contributed by atoms with E-state index in [1.54, 1.807) is 0 Å². The molecule has 0 saturated heterocycles. The molecule has 1 heterocycles. The maximum Gasteiger partial charge on any atom is 0.436 e. The van der Waals surface area contributed by atoms with Gasteiger partial charge in [-0.2, -0.15) is 31.4 Å². The van der Waals surface area contributed by atoms with E-state index in [9.17, 15) is 30.9 Å². The number of halogens is 6. The summed E-state index contributed by atoms with van der Waals surface area (Å²) in [6.45, 7) is 2.32. The highest BCUT2D eigenvalue weighted by Gasteiger charge is 2.47. The van der Waals surface area contributed by atoms with E-state index in [0.29, 0.717) is 16.8 Å². The molecule has 1 aromatic heterocycles. The minimum absolute atomic E-state index is 0.193. The Morgan fingerprint density at radius 1 is 1.00 bits per heavy atom. The Balaban J connectivity index is 2.69. The quantitative estimate of drug-likeness (QED) is 0.543. The summed E-state index contributed by atoms with van der Waals surface area (Å²) in [6, 6.07) is 3.10. The third-order valence-corrected chi connectivity index (χ3v) is 5.66. The lowest BCUT2D eigenvalue weighted by atomic mass is 10.2. The van der Waals surface area contributed by atoms with Crippen LogP contribution in [-0.2, 0) is 26.0 Å². The average molecular weight is 431 g/mol. The van der Waals surface area contributed by atoms with E-state index in [1.165, 1.54) is 13.8 Å². The Hall–Kier alpha value is -2.04. The molecule has 0 fully saturated rings. The van der Waals surface area contributed by atoms with Crippen molar-refractivity contribution in [2.24, 2.45) is 0 Å². The molecule has 13 heteroatoms. The van der Waals surface area contributed by atoms with Crippen LogP contribution in [0.1, 0.15) is 25.1 Å². The molecule has 0 aliphatic carbocycles. The lowest BCUT2D eigenvalue weighted by Crippen LogP contribution is -2.22. The molecule has 0 radical (unpaired) electrons. The van der Waals surface area contributed by atoms with Gasteiger partial charge < -0.3 is 14.8 Å². The molecule has 156 valence electrons. The van der Waals surface area contributed by atoms with E-state index in [1.807, 2.05) is 0 Å². The second-order valence-electron chi connectivity index (χ2n) is 5.37. The smallest absolute Gasteiger partial charge is 0.383 e. The highest BCUT2D eigenvalue weighted by atomic mass is 31.2. The largest absolute Gasteiger partial charge is 0.436 e. The summed E-state index contributed by atoms with van der Waals surface area (Å²) < 4.78 is 102. The number of hydrogen-bond donors (Lipinski definition) is 1. The Kier molecular flexibility index (Phi) is 6.17. The van der Waals surface area contributed by atoms with Gasteiger partial charge in [-0.15, -0.1) is 0 Å². The Morgan fingerprint density at radius 3 is 1.89 bits per heavy atom. The van der Waals surface area contributed by atoms with E-state index in [2.05, 4.69) is 5.10 Å². The number of alkyl halides is 6. The van der Waals surface area contributed by atoms with Crippen molar-refractivity contribution in [3.63, 3.8) is 0 Å². The van der Waals surface area contributed by atoms with Gasteiger partial charge in [0.2, 0.25) is 0 Å². The predicted octanol–water partition coefficient (Wildman–Crippen LogP) is 4.38. The molecule has 2 N–H and O–H groups in total. The van der Waals surface area contributed by atoms with Gasteiger partial charge in [0.05, 0.1) is 24.5 Å². The fraction of sp³-hybridized carbons (Fsp3) is 0.400. The van der Waals surface area contributed by atoms with Crippen LogP contribution >= 0.6 is 7.60 Å². The molecule has 0 saturated carbocycles. The fourth-order valence-corrected chi connectivity index (χ4v) is 4.20. The molecule has 6 nitrogen and oxygen atoms in total. The lowest BCUT2D eigenvalue weighted by Gasteiger charge is -2.18. The monoisotopic (exact) mass is 431 g/mol. The zero-order chi connectivity index (χ0) is 21.3. The van der Waals surface area contributed by atoms with Crippen LogP contribution < -0.4 is 11.0 Å². The van der Waals surface area contributed by atoms with E-state index in [-0.39, 0.29) is 18.9 Å². The minimum Gasteiger partial charge on any atom is -0.383 e. The highest BCUT2D eigenvalue weighted by Crippen LogP contribution is 2.51. The van der Waals surface area contributed by atoms with Crippen LogP contribution in [0.5, 0.6) is 0 Å². The van der Waals surface area contributed by atoms with E-state index in [4.69, 9.17) is 14.8 Å². The van der Waals surface area contributed by atoms with Crippen LogP contribution in [0.15, 0.2) is 24.3 Å². The van der Waals surface area contributed by atoms with E-state index >= 15 is 0 Å². The first-order valence-electron chi connectivity index (χ1n) is 7.88. The van der Waals surface area contributed by atoms with Gasteiger partial charge in [-0.25, -0.2) is 4.68 Å². The molecule has 0 amide bonds. The van der Waals surface area contributed by atoms with E-state index in [0.717, 1.165) is 12.1 Å². The minimum atomic E-state index is -5.07. The molecule has 28 heavy (non-hydrogen) atoms. The van der Waals surface area contributed by atoms with Gasteiger partial charge in [-0.3, -0.25) is 4.57 Å². The summed E-state index contributed by atoms with van der Waals surface area (Å²) >= 11 is 0. The second kappa shape index (κ2) is 7.76. The number of benzene rings is 1. The number of nitrogens with zero attached hydrogens (tertiary/aromatic N) is 2. The predicted molar refractivity (Wildman–Crippen MR) is 88.5 cm³/mol. The van der Waals surface area contributed by atoms with Crippen molar-refractivity contribution in [2.75, 3.05) is 18.9 Å². The van der Waals surface area contributed by atoms with Gasteiger partial charge in [0.15, 0.2) is 5.69 Å². The van der Waals surface area contributed by atoms with Crippen LogP contribution in [0.25, 0.3) is 5.69 Å². The summed E-state index contributed by atoms with van der Waals surface area (Å²) in [6.07, 6.45) is -9.69. The average Bonchev–Trinajstić information content (AvgIpc) is 2.93. The van der Waals surface area contributed by atoms with Crippen molar-refractivity contribution < 1.29 is 40.0 Å². The maximum atomic E-state index is 13.5. The summed E-state index contributed by atoms with van der Waals surface area (Å²) in [5.74, 6) is -0.711. The first kappa shape index (κ1) is 22.3. The zero-order valence-corrected chi connectivity index (χ0v) is 15.5. The van der Waals surface area contributed by atoms with Crippen molar-refractivity contribution in [3.05, 3.63) is 35.5 Å². The molecule has 0 bridgehead atoms. The zero-order valence-electron chi connectivity index (χ0n) is 14.6. The SMILES string of the molecule is CCOP(=O)(OCC)c1c(C(F)(F)F)nn(-c2ccc(C(F)(F)F)cc2)c1N. The van der Waals surface area contributed by atoms with Gasteiger partial charge in [-0.1, -0.05) is 0 Å². The van der Waals surface area contributed by atoms with Crippen molar-refractivity contribution in [1.82, 2.24) is 9.78 Å². The van der Waals surface area contributed by atoms with Gasteiger partial charge in [0.25, 0.3) is 0 Å². The van der Waals surface area contributed by atoms with Gasteiger partial charge in [-0.05, 0) is 38.1 Å². The number of hydrogen-bond acceptors (Lipinski definition) is 5. The van der Waals surface area contributed by atoms with Crippen LogP contribution in [0.2, 0.25) is 0 Å². The molecule has 1 aromatic carbocycles. The number of nitrogen functional groups attached to an aromatic ring is 1. The van der Waals surface area contributed by atoms with Crippen LogP contribution in [0.4, 0.5) is 32.2 Å². The fourth-order valence-electron chi connectivity index (χ4n) is 2.38. The van der Waals surface area contributed by atoms with Gasteiger partial charge >= 0.3 is 19.9 Å². The normalized spacial score (nSPS) is 13.1. The number of anilines is 1. The lowest BCUT2D eigenvalue weighted by molar-refractivity contribution is -0.140. The molecular formula is C15H16F6N3O3P. The first-order valence-corrected chi connectivity index (χ1v) is 9.42. The Labute approximate surface area is 155 Å². The molecule has 2 rings (SSSR count). The summed E-state index contributed by atoms with van der Waals surface area (Å²) in [5, 5.41) is 2.34.